The Morgan fingerprint density at radius 2 is 2.03 bits per heavy atom. The van der Waals surface area contributed by atoms with Gasteiger partial charge in [0, 0.05) is 44.0 Å². The van der Waals surface area contributed by atoms with Crippen molar-refractivity contribution in [1.82, 2.24) is 20.9 Å². The standard InChI is InChI=1S/C22H33ClF4N6O/c23-16-2-1-13(7-15(16)22(25,26)27)17-30-8-14(9-31-19(34)20(10-28)3-4-20)18(32-17)33-6-5-21(24,11-29)12-33/h13-18,30,32H,1-9,11-12,29H2,(H,31,34). The zero-order chi connectivity index (χ0) is 24.7. The zero-order valence-corrected chi connectivity index (χ0v) is 19.8. The van der Waals surface area contributed by atoms with Crippen molar-refractivity contribution in [3.63, 3.8) is 0 Å². The molecule has 7 atom stereocenters. The number of rotatable bonds is 6. The topological polar surface area (TPSA) is 106 Å². The van der Waals surface area contributed by atoms with E-state index in [0.29, 0.717) is 32.4 Å². The van der Waals surface area contributed by atoms with Crippen LogP contribution < -0.4 is 21.7 Å². The first kappa shape index (κ1) is 25.9. The van der Waals surface area contributed by atoms with Crippen LogP contribution in [0.2, 0.25) is 0 Å². The van der Waals surface area contributed by atoms with E-state index in [1.165, 1.54) is 0 Å². The van der Waals surface area contributed by atoms with Crippen LogP contribution in [0.3, 0.4) is 0 Å². The van der Waals surface area contributed by atoms with E-state index in [-0.39, 0.29) is 69.0 Å². The summed E-state index contributed by atoms with van der Waals surface area (Å²) in [5, 5.41) is 18.0. The molecule has 7 unspecified atom stereocenters. The molecule has 2 saturated carbocycles. The monoisotopic (exact) mass is 508 g/mol. The molecule has 0 aromatic carbocycles. The van der Waals surface area contributed by atoms with Gasteiger partial charge in [0.15, 0.2) is 0 Å². The highest BCUT2D eigenvalue weighted by molar-refractivity contribution is 6.20. The van der Waals surface area contributed by atoms with Gasteiger partial charge < -0.3 is 16.4 Å². The number of alkyl halides is 5. The molecule has 0 radical (unpaired) electrons. The second-order valence-electron chi connectivity index (χ2n) is 10.5. The number of nitriles is 1. The van der Waals surface area contributed by atoms with Gasteiger partial charge in [0.2, 0.25) is 5.91 Å². The Kier molecular flexibility index (Phi) is 7.38. The van der Waals surface area contributed by atoms with Crippen LogP contribution in [-0.2, 0) is 4.79 Å². The summed E-state index contributed by atoms with van der Waals surface area (Å²) in [5.74, 6) is -2.29. The Morgan fingerprint density at radius 3 is 2.62 bits per heavy atom. The minimum absolute atomic E-state index is 0.0724. The van der Waals surface area contributed by atoms with E-state index >= 15 is 0 Å². The molecule has 7 nitrogen and oxygen atoms in total. The molecule has 2 aliphatic carbocycles. The summed E-state index contributed by atoms with van der Waals surface area (Å²) in [7, 11) is 0. The first-order valence-corrected chi connectivity index (χ1v) is 12.5. The number of nitrogens with two attached hydrogens (primary N) is 1. The van der Waals surface area contributed by atoms with Gasteiger partial charge in [0.25, 0.3) is 0 Å². The van der Waals surface area contributed by atoms with Crippen molar-refractivity contribution in [3.8, 4) is 6.07 Å². The van der Waals surface area contributed by atoms with Crippen LogP contribution in [0.5, 0.6) is 0 Å². The minimum atomic E-state index is -4.35. The number of hydrogen-bond donors (Lipinski definition) is 4. The summed E-state index contributed by atoms with van der Waals surface area (Å²) in [6.45, 7) is 1.21. The average molecular weight is 509 g/mol. The Bertz CT molecular complexity index is 805. The Hall–Kier alpha value is -1.19. The molecule has 2 heterocycles. The van der Waals surface area contributed by atoms with E-state index in [1.807, 2.05) is 4.90 Å². The van der Waals surface area contributed by atoms with Crippen LogP contribution >= 0.6 is 11.6 Å². The second-order valence-corrected chi connectivity index (χ2v) is 11.0. The zero-order valence-electron chi connectivity index (χ0n) is 19.0. The molecule has 1 amide bonds. The van der Waals surface area contributed by atoms with Gasteiger partial charge in [-0.2, -0.15) is 18.4 Å². The number of likely N-dealkylation sites (tertiary alicyclic amines) is 1. The lowest BCUT2D eigenvalue weighted by molar-refractivity contribution is -0.186. The molecule has 0 bridgehead atoms. The van der Waals surface area contributed by atoms with Gasteiger partial charge in [-0.25, -0.2) is 4.39 Å². The lowest BCUT2D eigenvalue weighted by atomic mass is 9.78. The maximum absolute atomic E-state index is 14.9. The van der Waals surface area contributed by atoms with Gasteiger partial charge in [-0.05, 0) is 44.4 Å². The highest BCUT2D eigenvalue weighted by Crippen LogP contribution is 2.45. The molecule has 12 heteroatoms. The number of halogens is 5. The van der Waals surface area contributed by atoms with Crippen molar-refractivity contribution in [2.45, 2.75) is 68.1 Å². The van der Waals surface area contributed by atoms with Crippen LogP contribution in [-0.4, -0.2) is 73.1 Å². The first-order valence-electron chi connectivity index (χ1n) is 12.0. The molecular formula is C22H33ClF4N6O. The summed E-state index contributed by atoms with van der Waals surface area (Å²) < 4.78 is 55.4. The highest BCUT2D eigenvalue weighted by atomic mass is 35.5. The fraction of sp³-hybridized carbons (Fsp3) is 0.909. The summed E-state index contributed by atoms with van der Waals surface area (Å²) in [6.07, 6.45) is -2.95. The van der Waals surface area contributed by atoms with Crippen molar-refractivity contribution in [2.75, 3.05) is 32.7 Å². The molecule has 0 spiro atoms. The number of nitrogens with zero attached hydrogens (tertiary/aromatic N) is 2. The fourth-order valence-electron chi connectivity index (χ4n) is 5.64. The molecule has 192 valence electrons. The quantitative estimate of drug-likeness (QED) is 0.322. The SMILES string of the molecule is N#CC1(C(=O)NCC2CNC(C3CCC(Cl)C(C(F)(F)F)C3)NC2N2CCC(F)(CN)C2)CC1. The van der Waals surface area contributed by atoms with E-state index in [9.17, 15) is 27.6 Å². The molecule has 4 fully saturated rings. The van der Waals surface area contributed by atoms with Crippen molar-refractivity contribution < 1.29 is 22.4 Å². The highest BCUT2D eigenvalue weighted by Gasteiger charge is 2.52. The Morgan fingerprint density at radius 1 is 1.29 bits per heavy atom. The Labute approximate surface area is 202 Å². The lowest BCUT2D eigenvalue weighted by Gasteiger charge is -2.47. The van der Waals surface area contributed by atoms with Crippen LogP contribution in [0, 0.1) is 34.5 Å². The summed E-state index contributed by atoms with van der Waals surface area (Å²) in [5.41, 5.74) is 3.19. The van der Waals surface area contributed by atoms with Gasteiger partial charge in [0.05, 0.1) is 24.3 Å². The van der Waals surface area contributed by atoms with Gasteiger partial charge in [-0.1, -0.05) is 0 Å². The van der Waals surface area contributed by atoms with Gasteiger partial charge in [0.1, 0.15) is 11.1 Å². The molecule has 4 rings (SSSR count). The lowest BCUT2D eigenvalue weighted by Crippen LogP contribution is -2.68. The summed E-state index contributed by atoms with van der Waals surface area (Å²) in [4.78, 5) is 14.4. The van der Waals surface area contributed by atoms with E-state index in [4.69, 9.17) is 17.3 Å². The molecule has 5 N–H and O–H groups in total. The number of amides is 1. The smallest absolute Gasteiger partial charge is 0.354 e. The summed E-state index contributed by atoms with van der Waals surface area (Å²) in [6, 6.07) is 2.07. The third-order valence-electron chi connectivity index (χ3n) is 8.11. The average Bonchev–Trinajstić information content (AvgIpc) is 3.52. The molecule has 34 heavy (non-hydrogen) atoms. The van der Waals surface area contributed by atoms with Crippen molar-refractivity contribution in [1.29, 1.82) is 5.26 Å². The molecule has 4 aliphatic rings. The minimum Gasteiger partial charge on any atom is -0.354 e. The van der Waals surface area contributed by atoms with Gasteiger partial charge in [-0.15, -0.1) is 11.6 Å². The van der Waals surface area contributed by atoms with Crippen LogP contribution in [0.1, 0.15) is 38.5 Å². The maximum atomic E-state index is 14.9. The molecule has 0 aromatic rings. The predicted octanol–water partition coefficient (Wildman–Crippen LogP) is 1.83. The van der Waals surface area contributed by atoms with Gasteiger partial charge >= 0.3 is 6.18 Å². The molecular weight excluding hydrogens is 476 g/mol. The normalized spacial score (nSPS) is 40.5. The van der Waals surface area contributed by atoms with Crippen molar-refractivity contribution >= 4 is 17.5 Å². The second kappa shape index (κ2) is 9.69. The maximum Gasteiger partial charge on any atom is 0.393 e. The molecule has 2 aliphatic heterocycles. The van der Waals surface area contributed by atoms with E-state index < -0.39 is 28.6 Å². The predicted molar refractivity (Wildman–Crippen MR) is 118 cm³/mol. The van der Waals surface area contributed by atoms with Crippen LogP contribution in [0.25, 0.3) is 0 Å². The number of carbonyl (C=O) groups is 1. The van der Waals surface area contributed by atoms with E-state index in [1.54, 1.807) is 0 Å². The van der Waals surface area contributed by atoms with E-state index in [2.05, 4.69) is 22.0 Å². The largest absolute Gasteiger partial charge is 0.393 e. The van der Waals surface area contributed by atoms with Crippen molar-refractivity contribution in [2.24, 2.45) is 28.9 Å². The molecule has 0 aromatic heterocycles. The van der Waals surface area contributed by atoms with Crippen LogP contribution in [0.15, 0.2) is 0 Å². The fourth-order valence-corrected chi connectivity index (χ4v) is 6.02. The van der Waals surface area contributed by atoms with Crippen LogP contribution in [0.4, 0.5) is 17.6 Å². The van der Waals surface area contributed by atoms with E-state index in [0.717, 1.165) is 0 Å². The number of carbonyl (C=O) groups excluding carboxylic acids is 1. The number of hydrogen-bond acceptors (Lipinski definition) is 6. The van der Waals surface area contributed by atoms with Gasteiger partial charge in [-0.3, -0.25) is 15.0 Å². The third-order valence-corrected chi connectivity index (χ3v) is 8.63. The van der Waals surface area contributed by atoms with Crippen molar-refractivity contribution in [3.05, 3.63) is 0 Å². The summed E-state index contributed by atoms with van der Waals surface area (Å²) >= 11 is 6.01. The number of nitrogens with one attached hydrogen (secondary N) is 3. The third kappa shape index (κ3) is 5.31. The molecule has 2 saturated heterocycles. The first-order chi connectivity index (χ1) is 16.0. The Balaban J connectivity index is 1.44.